The van der Waals surface area contributed by atoms with Crippen molar-refractivity contribution in [2.45, 2.75) is 79.1 Å². The molecule has 1 unspecified atom stereocenters. The fourth-order valence-electron chi connectivity index (χ4n) is 6.62. The summed E-state index contributed by atoms with van der Waals surface area (Å²) in [7, 11) is 2.17. The van der Waals surface area contributed by atoms with Gasteiger partial charge in [-0.3, -0.25) is 0 Å². The highest BCUT2D eigenvalue weighted by molar-refractivity contribution is 9.08. The van der Waals surface area contributed by atoms with E-state index in [0.29, 0.717) is 5.92 Å². The maximum absolute atomic E-state index is 2.94. The van der Waals surface area contributed by atoms with Crippen LogP contribution in [0.2, 0.25) is 0 Å². The number of hydrogen-bond donors (Lipinski definition) is 0. The van der Waals surface area contributed by atoms with Gasteiger partial charge in [0.15, 0.2) is 5.71 Å². The molecule has 0 aliphatic carbocycles. The number of allylic oxidation sites excluding steroid dienone is 8. The molecule has 0 fully saturated rings. The predicted molar refractivity (Wildman–Crippen MR) is 200 cm³/mol. The van der Waals surface area contributed by atoms with Crippen LogP contribution in [0.3, 0.4) is 0 Å². The van der Waals surface area contributed by atoms with Gasteiger partial charge in [-0.25, -0.2) is 0 Å². The Kier molecular flexibility index (Phi) is 12.6. The summed E-state index contributed by atoms with van der Waals surface area (Å²) in [6.07, 6.45) is 17.8. The lowest BCUT2D eigenvalue weighted by Crippen LogP contribution is -2.27. The Hall–Kier alpha value is -3.17. The Labute approximate surface area is 276 Å². The molecule has 2 heterocycles. The van der Waals surface area contributed by atoms with E-state index in [0.717, 1.165) is 6.54 Å². The Morgan fingerprint density at radius 1 is 0.818 bits per heavy atom. The highest BCUT2D eigenvalue weighted by Crippen LogP contribution is 2.51. The van der Waals surface area contributed by atoms with E-state index >= 15 is 0 Å². The number of halogens is 1. The smallest absolute Gasteiger partial charge is 0.209 e. The van der Waals surface area contributed by atoms with Crippen molar-refractivity contribution in [2.24, 2.45) is 5.92 Å². The molecule has 1 atom stereocenters. The third-order valence-corrected chi connectivity index (χ3v) is 9.19. The topological polar surface area (TPSA) is 6.25 Å². The summed E-state index contributed by atoms with van der Waals surface area (Å²) in [4.78, 5) is 2.58. The summed E-state index contributed by atoms with van der Waals surface area (Å²) in [6, 6.07) is 22.2. The van der Waals surface area contributed by atoms with Crippen LogP contribution in [0.25, 0.3) is 10.8 Å². The summed E-state index contributed by atoms with van der Waals surface area (Å²) in [5.74, 6) is 2.53. The van der Waals surface area contributed by atoms with E-state index in [1.807, 2.05) is 19.7 Å². The maximum atomic E-state index is 2.94. The summed E-state index contributed by atoms with van der Waals surface area (Å²) >= 11 is 2.94. The van der Waals surface area contributed by atoms with Crippen molar-refractivity contribution in [3.8, 4) is 0 Å². The first-order chi connectivity index (χ1) is 21.2. The third kappa shape index (κ3) is 7.04. The predicted octanol–water partition coefficient (Wildman–Crippen LogP) is 11.7. The summed E-state index contributed by atoms with van der Waals surface area (Å²) in [5.41, 5.74) is 8.14. The van der Waals surface area contributed by atoms with Gasteiger partial charge in [-0.2, -0.15) is 4.58 Å². The van der Waals surface area contributed by atoms with Crippen LogP contribution in [0.5, 0.6) is 0 Å². The van der Waals surface area contributed by atoms with Gasteiger partial charge < -0.3 is 4.90 Å². The van der Waals surface area contributed by atoms with Gasteiger partial charge in [-0.05, 0) is 60.5 Å². The Morgan fingerprint density at radius 3 is 2.16 bits per heavy atom. The molecule has 234 valence electrons. The van der Waals surface area contributed by atoms with Gasteiger partial charge in [0.25, 0.3) is 0 Å². The summed E-state index contributed by atoms with van der Waals surface area (Å²) in [6.45, 7) is 19.1. The lowest BCUT2D eigenvalue weighted by Gasteiger charge is -2.28. The lowest BCUT2D eigenvalue weighted by molar-refractivity contribution is -0.401. The molecule has 0 bridgehead atoms. The van der Waals surface area contributed by atoms with E-state index in [2.05, 4.69) is 177 Å². The quantitative estimate of drug-likeness (QED) is 0.133. The second-order valence-electron chi connectivity index (χ2n) is 12.5. The van der Waals surface area contributed by atoms with Crippen LogP contribution in [0.15, 0.2) is 109 Å². The number of benzene rings is 3. The van der Waals surface area contributed by atoms with Crippen LogP contribution in [0, 0.1) is 5.92 Å². The van der Waals surface area contributed by atoms with Gasteiger partial charge >= 0.3 is 0 Å². The zero-order chi connectivity index (χ0) is 32.5. The standard InChI is InChI=1S/C38H45N2.C2H6.CH3Br/c1-8-28(2)26-27-40-33-25-24-29-18-14-15-19-30(29)36(33)38(5,6)35(40)23-13-11-9-10-12-22-34-37(3,4)31-20-16-17-21-32(31)39(34)7;2*1-2/h9-25,28H,8,26-27H2,1-7H3;1-2H3;1H3/q+1;;. The van der Waals surface area contributed by atoms with E-state index in [-0.39, 0.29) is 10.8 Å². The number of anilines is 1. The molecule has 0 spiro atoms. The van der Waals surface area contributed by atoms with Crippen LogP contribution >= 0.6 is 15.9 Å². The number of rotatable bonds is 8. The van der Waals surface area contributed by atoms with Crippen molar-refractivity contribution >= 4 is 43.8 Å². The van der Waals surface area contributed by atoms with Gasteiger partial charge in [-0.1, -0.05) is 143 Å². The molecule has 0 radical (unpaired) electrons. The van der Waals surface area contributed by atoms with E-state index < -0.39 is 0 Å². The normalized spacial score (nSPS) is 18.1. The fourth-order valence-corrected chi connectivity index (χ4v) is 6.62. The molecule has 3 aromatic rings. The highest BCUT2D eigenvalue weighted by Gasteiger charge is 2.43. The maximum Gasteiger partial charge on any atom is 0.209 e. The molecule has 3 heteroatoms. The molecular formula is C41H54BrN2+. The largest absolute Gasteiger partial charge is 0.344 e. The SMILES string of the molecule is CBr.CC.CCC(C)CCN1/C(=C/C=C/C=C/C=C/C2=[N+](C)c3ccccc3C2(C)C)C(C)(C)c2c1ccc1ccccc21. The third-order valence-electron chi connectivity index (χ3n) is 9.19. The Bertz CT molecular complexity index is 1560. The second-order valence-corrected chi connectivity index (χ2v) is 12.5. The molecule has 0 N–H and O–H groups in total. The Balaban J connectivity index is 0.00000127. The first-order valence-electron chi connectivity index (χ1n) is 16.3. The molecule has 2 aliphatic rings. The monoisotopic (exact) mass is 653 g/mol. The first-order valence-corrected chi connectivity index (χ1v) is 17.9. The van der Waals surface area contributed by atoms with E-state index in [9.17, 15) is 0 Å². The van der Waals surface area contributed by atoms with Crippen LogP contribution in [0.1, 0.15) is 79.4 Å². The van der Waals surface area contributed by atoms with Gasteiger partial charge in [0.05, 0.1) is 5.41 Å². The molecule has 44 heavy (non-hydrogen) atoms. The molecule has 2 aliphatic heterocycles. The molecule has 2 nitrogen and oxygen atoms in total. The van der Waals surface area contributed by atoms with Gasteiger partial charge in [0.1, 0.15) is 7.05 Å². The van der Waals surface area contributed by atoms with Gasteiger partial charge in [0.2, 0.25) is 5.69 Å². The van der Waals surface area contributed by atoms with Gasteiger partial charge in [0, 0.05) is 41.1 Å². The Morgan fingerprint density at radius 2 is 1.45 bits per heavy atom. The molecule has 3 aromatic carbocycles. The average molecular weight is 655 g/mol. The molecule has 0 saturated heterocycles. The van der Waals surface area contributed by atoms with E-state index in [1.54, 1.807) is 0 Å². The van der Waals surface area contributed by atoms with Crippen molar-refractivity contribution < 1.29 is 4.58 Å². The summed E-state index contributed by atoms with van der Waals surface area (Å²) in [5, 5.41) is 2.69. The van der Waals surface area contributed by atoms with Crippen LogP contribution in [-0.4, -0.2) is 29.7 Å². The van der Waals surface area contributed by atoms with E-state index in [4.69, 9.17) is 0 Å². The second kappa shape index (κ2) is 15.7. The minimum Gasteiger partial charge on any atom is -0.344 e. The lowest BCUT2D eigenvalue weighted by atomic mass is 9.81. The number of para-hydroxylation sites is 1. The highest BCUT2D eigenvalue weighted by atomic mass is 79.9. The van der Waals surface area contributed by atoms with E-state index in [1.165, 1.54) is 57.5 Å². The van der Waals surface area contributed by atoms with Crippen molar-refractivity contribution in [3.05, 3.63) is 120 Å². The van der Waals surface area contributed by atoms with Crippen molar-refractivity contribution in [1.82, 2.24) is 0 Å². The van der Waals surface area contributed by atoms with Crippen LogP contribution in [0.4, 0.5) is 11.4 Å². The minimum absolute atomic E-state index is 0.00189. The number of hydrogen-bond acceptors (Lipinski definition) is 1. The molecule has 0 aromatic heterocycles. The zero-order valence-corrected chi connectivity index (χ0v) is 30.4. The molecular weight excluding hydrogens is 600 g/mol. The zero-order valence-electron chi connectivity index (χ0n) is 28.8. The van der Waals surface area contributed by atoms with Gasteiger partial charge in [-0.15, -0.1) is 0 Å². The minimum atomic E-state index is -0.0656. The molecule has 5 rings (SSSR count). The average Bonchev–Trinajstić information content (AvgIpc) is 3.39. The van der Waals surface area contributed by atoms with Crippen molar-refractivity contribution in [3.63, 3.8) is 0 Å². The molecule has 0 amide bonds. The van der Waals surface area contributed by atoms with Crippen molar-refractivity contribution in [2.75, 3.05) is 24.3 Å². The van der Waals surface area contributed by atoms with Crippen LogP contribution in [-0.2, 0) is 10.8 Å². The fraction of sp³-hybridized carbons (Fsp3) is 0.390. The number of nitrogens with zero attached hydrogens (tertiary/aromatic N) is 2. The first kappa shape index (κ1) is 35.3. The number of alkyl halides is 1. The van der Waals surface area contributed by atoms with Crippen molar-refractivity contribution in [1.29, 1.82) is 0 Å². The summed E-state index contributed by atoms with van der Waals surface area (Å²) < 4.78 is 2.32. The van der Waals surface area contributed by atoms with Crippen LogP contribution < -0.4 is 4.90 Å². The molecule has 0 saturated carbocycles. The number of fused-ring (bicyclic) bond motifs is 4.